The number of hydrogen-bond acceptors (Lipinski definition) is 4. The molecule has 28 heavy (non-hydrogen) atoms. The molecule has 146 valence electrons. The number of aliphatic hydroxyl groups is 1. The van der Waals surface area contributed by atoms with E-state index in [9.17, 15) is 5.11 Å². The minimum absolute atomic E-state index is 0.146. The second kappa shape index (κ2) is 8.32. The molecule has 1 aliphatic rings. The van der Waals surface area contributed by atoms with E-state index in [2.05, 4.69) is 56.1 Å². The molecule has 2 aromatic carbocycles. The van der Waals surface area contributed by atoms with Gasteiger partial charge in [0.25, 0.3) is 8.32 Å². The lowest BCUT2D eigenvalue weighted by molar-refractivity contribution is -0.0376. The molecule has 0 amide bonds. The molecule has 2 aromatic rings. The highest BCUT2D eigenvalue weighted by Gasteiger charge is 2.50. The van der Waals surface area contributed by atoms with Crippen molar-refractivity contribution in [1.82, 2.24) is 0 Å². The van der Waals surface area contributed by atoms with Crippen molar-refractivity contribution in [2.75, 3.05) is 6.61 Å². The molecule has 0 fully saturated rings. The first-order valence-corrected chi connectivity index (χ1v) is 11.4. The van der Waals surface area contributed by atoms with Crippen LogP contribution in [0.15, 0.2) is 65.8 Å². The van der Waals surface area contributed by atoms with E-state index < -0.39 is 20.5 Å². The summed E-state index contributed by atoms with van der Waals surface area (Å²) in [5.41, 5.74) is 0.523. The molecule has 0 spiro atoms. The molecular formula is C23H27NO3Si. The van der Waals surface area contributed by atoms with Crippen molar-refractivity contribution in [3.63, 3.8) is 0 Å². The van der Waals surface area contributed by atoms with E-state index in [-0.39, 0.29) is 11.6 Å². The molecule has 5 heteroatoms. The standard InChI is InChI=1S/C23H27NO3Si/c1-5-18-16-22(27-24-18)21(25)17-26-28(23(2,3)4,19-12-8-6-9-13-19)20-14-10-7-11-15-20/h1,6-15,21-22,25H,16-17H2,2-4H3/t21-,22-/m0/s1. The minimum atomic E-state index is -2.68. The second-order valence-corrected chi connectivity index (χ2v) is 12.4. The third-order valence-electron chi connectivity index (χ3n) is 5.18. The fourth-order valence-electron chi connectivity index (χ4n) is 3.77. The van der Waals surface area contributed by atoms with Gasteiger partial charge in [-0.2, -0.15) is 0 Å². The van der Waals surface area contributed by atoms with E-state index >= 15 is 0 Å². The van der Waals surface area contributed by atoms with Crippen LogP contribution in [0.25, 0.3) is 0 Å². The molecule has 2 atom stereocenters. The quantitative estimate of drug-likeness (QED) is 0.606. The Labute approximate surface area is 168 Å². The first-order chi connectivity index (χ1) is 13.4. The van der Waals surface area contributed by atoms with Gasteiger partial charge >= 0.3 is 0 Å². The maximum atomic E-state index is 10.7. The maximum Gasteiger partial charge on any atom is 0.261 e. The van der Waals surface area contributed by atoms with Crippen LogP contribution >= 0.6 is 0 Å². The van der Waals surface area contributed by atoms with Crippen LogP contribution in [0.5, 0.6) is 0 Å². The molecule has 0 aromatic heterocycles. The highest BCUT2D eigenvalue weighted by Crippen LogP contribution is 2.37. The number of oxime groups is 1. The van der Waals surface area contributed by atoms with E-state index in [0.717, 1.165) is 0 Å². The Kier molecular flexibility index (Phi) is 6.04. The lowest BCUT2D eigenvalue weighted by Gasteiger charge is -2.43. The second-order valence-electron chi connectivity index (χ2n) is 8.07. The fraction of sp³-hybridized carbons (Fsp3) is 0.348. The summed E-state index contributed by atoms with van der Waals surface area (Å²) in [6.07, 6.45) is 4.54. The fourth-order valence-corrected chi connectivity index (χ4v) is 8.34. The van der Waals surface area contributed by atoms with Crippen molar-refractivity contribution < 1.29 is 14.4 Å². The molecular weight excluding hydrogens is 366 g/mol. The summed E-state index contributed by atoms with van der Waals surface area (Å²) in [6, 6.07) is 20.7. The SMILES string of the molecule is C#CC1=NO[C@H]([C@@H](O)CO[Si](c2ccccc2)(c2ccccc2)C(C)(C)C)C1. The predicted molar refractivity (Wildman–Crippen MR) is 115 cm³/mol. The minimum Gasteiger partial charge on any atom is -0.405 e. The van der Waals surface area contributed by atoms with Gasteiger partial charge in [0.2, 0.25) is 0 Å². The molecule has 0 radical (unpaired) electrons. The first kappa shape index (κ1) is 20.3. The van der Waals surface area contributed by atoms with Gasteiger partial charge in [-0.05, 0) is 15.4 Å². The largest absolute Gasteiger partial charge is 0.405 e. The number of terminal acetylenes is 1. The molecule has 0 unspecified atom stereocenters. The molecule has 0 saturated carbocycles. The van der Waals surface area contributed by atoms with Crippen molar-refractivity contribution in [2.45, 2.75) is 44.4 Å². The molecule has 4 nitrogen and oxygen atoms in total. The monoisotopic (exact) mass is 393 g/mol. The normalized spacial score (nSPS) is 18.1. The van der Waals surface area contributed by atoms with Crippen LogP contribution in [0.4, 0.5) is 0 Å². The Morgan fingerprint density at radius 1 is 1.14 bits per heavy atom. The van der Waals surface area contributed by atoms with Gasteiger partial charge in [-0.15, -0.1) is 6.42 Å². The zero-order chi connectivity index (χ0) is 20.2. The molecule has 1 aliphatic heterocycles. The number of nitrogens with zero attached hydrogens (tertiary/aromatic N) is 1. The van der Waals surface area contributed by atoms with E-state index in [1.165, 1.54) is 10.4 Å². The predicted octanol–water partition coefficient (Wildman–Crippen LogP) is 2.70. The first-order valence-electron chi connectivity index (χ1n) is 9.51. The zero-order valence-corrected chi connectivity index (χ0v) is 17.6. The van der Waals surface area contributed by atoms with Crippen LogP contribution in [0.3, 0.4) is 0 Å². The van der Waals surface area contributed by atoms with Crippen LogP contribution in [-0.2, 0) is 9.26 Å². The van der Waals surface area contributed by atoms with Crippen molar-refractivity contribution in [3.05, 3.63) is 60.7 Å². The number of aliphatic hydroxyl groups excluding tert-OH is 1. The van der Waals surface area contributed by atoms with Gasteiger partial charge in [-0.3, -0.25) is 0 Å². The van der Waals surface area contributed by atoms with Crippen LogP contribution in [0.1, 0.15) is 27.2 Å². The lowest BCUT2D eigenvalue weighted by Crippen LogP contribution is -2.67. The average molecular weight is 394 g/mol. The molecule has 0 bridgehead atoms. The van der Waals surface area contributed by atoms with E-state index in [4.69, 9.17) is 15.7 Å². The van der Waals surface area contributed by atoms with Gasteiger partial charge in [0, 0.05) is 6.42 Å². The third-order valence-corrected chi connectivity index (χ3v) is 10.2. The van der Waals surface area contributed by atoms with Gasteiger partial charge < -0.3 is 14.4 Å². The Hall–Kier alpha value is -2.39. The Balaban J connectivity index is 1.94. The van der Waals surface area contributed by atoms with Crippen LogP contribution < -0.4 is 10.4 Å². The van der Waals surface area contributed by atoms with Crippen molar-refractivity contribution in [3.8, 4) is 12.3 Å². The molecule has 0 saturated heterocycles. The van der Waals surface area contributed by atoms with Crippen LogP contribution in [0, 0.1) is 12.3 Å². The summed E-state index contributed by atoms with van der Waals surface area (Å²) < 4.78 is 6.72. The Bertz CT molecular complexity index is 813. The highest BCUT2D eigenvalue weighted by molar-refractivity contribution is 6.99. The van der Waals surface area contributed by atoms with E-state index in [0.29, 0.717) is 12.1 Å². The van der Waals surface area contributed by atoms with Crippen molar-refractivity contribution >= 4 is 24.4 Å². The van der Waals surface area contributed by atoms with Gasteiger partial charge in [-0.25, -0.2) is 0 Å². The van der Waals surface area contributed by atoms with Crippen molar-refractivity contribution in [2.24, 2.45) is 5.16 Å². The van der Waals surface area contributed by atoms with E-state index in [1.807, 2.05) is 36.4 Å². The zero-order valence-electron chi connectivity index (χ0n) is 16.6. The Morgan fingerprint density at radius 3 is 2.11 bits per heavy atom. The number of hydrogen-bond donors (Lipinski definition) is 1. The lowest BCUT2D eigenvalue weighted by atomic mass is 10.1. The van der Waals surface area contributed by atoms with Gasteiger partial charge in [0.05, 0.1) is 6.61 Å². The van der Waals surface area contributed by atoms with Gasteiger partial charge in [-0.1, -0.05) is 92.5 Å². The van der Waals surface area contributed by atoms with E-state index in [1.54, 1.807) is 0 Å². The van der Waals surface area contributed by atoms with Crippen LogP contribution in [0.2, 0.25) is 5.04 Å². The third kappa shape index (κ3) is 3.90. The summed E-state index contributed by atoms with van der Waals surface area (Å²) in [6.45, 7) is 6.77. The Morgan fingerprint density at radius 2 is 1.68 bits per heavy atom. The molecule has 1 heterocycles. The van der Waals surface area contributed by atoms with Gasteiger partial charge in [0.15, 0.2) is 6.10 Å². The summed E-state index contributed by atoms with van der Waals surface area (Å²) in [7, 11) is -2.68. The number of rotatable bonds is 6. The molecule has 1 N–H and O–H groups in total. The summed E-state index contributed by atoms with van der Waals surface area (Å²) in [4.78, 5) is 5.31. The topological polar surface area (TPSA) is 51.0 Å². The summed E-state index contributed by atoms with van der Waals surface area (Å²) in [5, 5.41) is 16.8. The van der Waals surface area contributed by atoms with Crippen molar-refractivity contribution in [1.29, 1.82) is 0 Å². The summed E-state index contributed by atoms with van der Waals surface area (Å²) >= 11 is 0. The molecule has 3 rings (SSSR count). The number of benzene rings is 2. The summed E-state index contributed by atoms with van der Waals surface area (Å²) in [5.74, 6) is 2.48. The highest BCUT2D eigenvalue weighted by atomic mass is 28.4. The maximum absolute atomic E-state index is 10.7. The van der Waals surface area contributed by atoms with Gasteiger partial charge in [0.1, 0.15) is 11.8 Å². The molecule has 0 aliphatic carbocycles. The average Bonchev–Trinajstić information content (AvgIpc) is 3.18. The smallest absolute Gasteiger partial charge is 0.261 e. The van der Waals surface area contributed by atoms with Crippen LogP contribution in [-0.4, -0.2) is 38.0 Å².